The fraction of sp³-hybridized carbons (Fsp3) is 0.455. The van der Waals surface area contributed by atoms with Crippen molar-refractivity contribution < 1.29 is 8.78 Å². The van der Waals surface area contributed by atoms with Gasteiger partial charge in [-0.1, -0.05) is 45.2 Å². The topological polar surface area (TPSA) is 3.24 Å². The number of hydrogen-bond donors (Lipinski definition) is 0. The van der Waals surface area contributed by atoms with Gasteiger partial charge in [0.1, 0.15) is 0 Å². The maximum Gasteiger partial charge on any atom is 0.251 e. The molecular formula is C11H12BrCl2F2N. The number of hydrogen-bond acceptors (Lipinski definition) is 1. The lowest BCUT2D eigenvalue weighted by molar-refractivity contribution is 0.0881. The molecule has 0 fully saturated rings. The fourth-order valence-electron chi connectivity index (χ4n) is 1.44. The third kappa shape index (κ3) is 5.51. The summed E-state index contributed by atoms with van der Waals surface area (Å²) in [6.45, 7) is 0.680. The van der Waals surface area contributed by atoms with Crippen molar-refractivity contribution in [1.29, 1.82) is 0 Å². The molecule has 0 heterocycles. The van der Waals surface area contributed by atoms with E-state index < -0.39 is 6.43 Å². The molecule has 0 bridgehead atoms. The monoisotopic (exact) mass is 345 g/mol. The lowest BCUT2D eigenvalue weighted by atomic mass is 10.2. The molecule has 0 N–H and O–H groups in total. The van der Waals surface area contributed by atoms with Gasteiger partial charge in [-0.2, -0.15) is 0 Å². The van der Waals surface area contributed by atoms with Gasteiger partial charge in [-0.3, -0.25) is 4.90 Å². The van der Waals surface area contributed by atoms with Gasteiger partial charge in [0.05, 0.1) is 6.54 Å². The molecular weight excluding hydrogens is 335 g/mol. The summed E-state index contributed by atoms with van der Waals surface area (Å²) in [4.78, 5) is 1.65. The van der Waals surface area contributed by atoms with Crippen LogP contribution in [0.1, 0.15) is 5.56 Å². The number of benzene rings is 1. The quantitative estimate of drug-likeness (QED) is 0.687. The van der Waals surface area contributed by atoms with Gasteiger partial charge in [-0.15, -0.1) is 0 Å². The highest BCUT2D eigenvalue weighted by atomic mass is 79.9. The Labute approximate surface area is 118 Å². The predicted octanol–water partition coefficient (Wildman–Crippen LogP) is 4.46. The number of alkyl halides is 3. The molecule has 0 unspecified atom stereocenters. The average molecular weight is 347 g/mol. The Hall–Kier alpha value is 0.1000. The summed E-state index contributed by atoms with van der Waals surface area (Å²) >= 11 is 15.0. The van der Waals surface area contributed by atoms with E-state index in [1.807, 2.05) is 0 Å². The van der Waals surface area contributed by atoms with Crippen molar-refractivity contribution >= 4 is 39.1 Å². The van der Waals surface area contributed by atoms with Crippen LogP contribution in [0.15, 0.2) is 18.2 Å². The molecule has 1 rings (SSSR count). The summed E-state index contributed by atoms with van der Waals surface area (Å²) < 4.78 is 24.7. The van der Waals surface area contributed by atoms with Crippen LogP contribution in [0.2, 0.25) is 10.0 Å². The van der Waals surface area contributed by atoms with Crippen LogP contribution in [0.3, 0.4) is 0 Å². The first kappa shape index (κ1) is 15.2. The van der Waals surface area contributed by atoms with Crippen LogP contribution >= 0.6 is 39.1 Å². The third-order valence-electron chi connectivity index (χ3n) is 2.21. The molecule has 96 valence electrons. The van der Waals surface area contributed by atoms with E-state index in [0.717, 1.165) is 5.56 Å². The molecule has 0 aromatic heterocycles. The molecule has 1 aromatic carbocycles. The Morgan fingerprint density at radius 2 is 2.00 bits per heavy atom. The van der Waals surface area contributed by atoms with E-state index in [4.69, 9.17) is 23.2 Å². The van der Waals surface area contributed by atoms with E-state index in [9.17, 15) is 8.78 Å². The Bertz CT molecular complexity index is 363. The molecule has 0 atom stereocenters. The zero-order valence-electron chi connectivity index (χ0n) is 8.97. The molecule has 17 heavy (non-hydrogen) atoms. The molecule has 0 spiro atoms. The average Bonchev–Trinajstić information content (AvgIpc) is 2.21. The zero-order chi connectivity index (χ0) is 12.8. The Kier molecular flexibility index (Phi) is 6.70. The maximum atomic E-state index is 12.4. The van der Waals surface area contributed by atoms with Crippen molar-refractivity contribution in [2.75, 3.05) is 18.4 Å². The molecule has 1 nitrogen and oxygen atoms in total. The SMILES string of the molecule is FC(F)CN(CCBr)Cc1ccc(Cl)cc1Cl. The molecule has 0 aliphatic carbocycles. The van der Waals surface area contributed by atoms with E-state index in [1.54, 1.807) is 23.1 Å². The summed E-state index contributed by atoms with van der Waals surface area (Å²) in [5.41, 5.74) is 0.803. The molecule has 0 saturated heterocycles. The lowest BCUT2D eigenvalue weighted by Gasteiger charge is -2.21. The highest BCUT2D eigenvalue weighted by molar-refractivity contribution is 9.09. The first-order chi connectivity index (χ1) is 8.02. The van der Waals surface area contributed by atoms with E-state index >= 15 is 0 Å². The Morgan fingerprint density at radius 3 is 2.53 bits per heavy atom. The van der Waals surface area contributed by atoms with Gasteiger partial charge in [0.25, 0.3) is 6.43 Å². The van der Waals surface area contributed by atoms with Crippen molar-refractivity contribution in [2.24, 2.45) is 0 Å². The van der Waals surface area contributed by atoms with E-state index in [0.29, 0.717) is 28.5 Å². The molecule has 0 aliphatic heterocycles. The van der Waals surface area contributed by atoms with Gasteiger partial charge in [0.15, 0.2) is 0 Å². The minimum absolute atomic E-state index is 0.259. The number of halogens is 5. The van der Waals surface area contributed by atoms with Crippen molar-refractivity contribution in [2.45, 2.75) is 13.0 Å². The smallest absolute Gasteiger partial charge is 0.251 e. The van der Waals surface area contributed by atoms with Gasteiger partial charge < -0.3 is 0 Å². The zero-order valence-corrected chi connectivity index (χ0v) is 12.1. The molecule has 0 aliphatic rings. The number of nitrogens with zero attached hydrogens (tertiary/aromatic N) is 1. The van der Waals surface area contributed by atoms with Gasteiger partial charge >= 0.3 is 0 Å². The van der Waals surface area contributed by atoms with E-state index in [2.05, 4.69) is 15.9 Å². The van der Waals surface area contributed by atoms with Crippen molar-refractivity contribution in [1.82, 2.24) is 4.90 Å². The maximum absolute atomic E-state index is 12.4. The highest BCUT2D eigenvalue weighted by Gasteiger charge is 2.13. The van der Waals surface area contributed by atoms with Gasteiger partial charge in [-0.25, -0.2) is 8.78 Å². The largest absolute Gasteiger partial charge is 0.293 e. The molecule has 0 saturated carbocycles. The summed E-state index contributed by atoms with van der Waals surface area (Å²) in [7, 11) is 0. The Morgan fingerprint density at radius 1 is 1.29 bits per heavy atom. The molecule has 0 radical (unpaired) electrons. The number of rotatable bonds is 6. The lowest BCUT2D eigenvalue weighted by Crippen LogP contribution is -2.30. The van der Waals surface area contributed by atoms with Crippen LogP contribution in [0.4, 0.5) is 8.78 Å². The summed E-state index contributed by atoms with van der Waals surface area (Å²) in [6, 6.07) is 5.09. The first-order valence-electron chi connectivity index (χ1n) is 5.03. The second-order valence-electron chi connectivity index (χ2n) is 3.55. The minimum Gasteiger partial charge on any atom is -0.293 e. The fourth-order valence-corrected chi connectivity index (χ4v) is 2.41. The van der Waals surface area contributed by atoms with Crippen LogP contribution in [0.5, 0.6) is 0 Å². The highest BCUT2D eigenvalue weighted by Crippen LogP contribution is 2.22. The van der Waals surface area contributed by atoms with E-state index in [-0.39, 0.29) is 6.54 Å². The predicted molar refractivity (Wildman–Crippen MR) is 71.5 cm³/mol. The van der Waals surface area contributed by atoms with E-state index in [1.165, 1.54) is 0 Å². The van der Waals surface area contributed by atoms with Crippen molar-refractivity contribution in [3.05, 3.63) is 33.8 Å². The van der Waals surface area contributed by atoms with Gasteiger partial charge in [-0.05, 0) is 17.7 Å². The normalized spacial score (nSPS) is 11.5. The van der Waals surface area contributed by atoms with Crippen LogP contribution in [0.25, 0.3) is 0 Å². The third-order valence-corrected chi connectivity index (χ3v) is 3.15. The molecule has 0 amide bonds. The second-order valence-corrected chi connectivity index (χ2v) is 5.19. The van der Waals surface area contributed by atoms with Crippen molar-refractivity contribution in [3.8, 4) is 0 Å². The molecule has 1 aromatic rings. The summed E-state index contributed by atoms with van der Waals surface area (Å²) in [6.07, 6.45) is -2.35. The minimum atomic E-state index is -2.35. The van der Waals surface area contributed by atoms with Crippen LogP contribution < -0.4 is 0 Å². The van der Waals surface area contributed by atoms with Crippen LogP contribution in [0, 0.1) is 0 Å². The van der Waals surface area contributed by atoms with Crippen molar-refractivity contribution in [3.63, 3.8) is 0 Å². The van der Waals surface area contributed by atoms with Crippen LogP contribution in [-0.2, 0) is 6.54 Å². The first-order valence-corrected chi connectivity index (χ1v) is 6.91. The van der Waals surface area contributed by atoms with Gasteiger partial charge in [0.2, 0.25) is 0 Å². The Balaban J connectivity index is 2.71. The summed E-state index contributed by atoms with van der Waals surface area (Å²) in [5.74, 6) is 0. The van der Waals surface area contributed by atoms with Crippen LogP contribution in [-0.4, -0.2) is 29.7 Å². The standard InChI is InChI=1S/C11H12BrCl2F2N/c12-3-4-17(7-11(15)16)6-8-1-2-9(13)5-10(8)14/h1-2,5,11H,3-4,6-7H2. The second kappa shape index (κ2) is 7.52. The van der Waals surface area contributed by atoms with Gasteiger partial charge in [0, 0.05) is 28.5 Å². The summed E-state index contributed by atoms with van der Waals surface area (Å²) in [5, 5.41) is 1.69. The molecule has 6 heteroatoms.